The number of nitrogens with zero attached hydrogens (tertiary/aromatic N) is 3. The third-order valence-electron chi connectivity index (χ3n) is 5.39. The summed E-state index contributed by atoms with van der Waals surface area (Å²) >= 11 is 0. The predicted octanol–water partition coefficient (Wildman–Crippen LogP) is 3.47. The van der Waals surface area contributed by atoms with Crippen LogP contribution in [-0.2, 0) is 17.9 Å². The summed E-state index contributed by atoms with van der Waals surface area (Å²) in [5.41, 5.74) is 2.14. The average Bonchev–Trinajstić information content (AvgIpc) is 3.33. The van der Waals surface area contributed by atoms with E-state index < -0.39 is 5.82 Å². The van der Waals surface area contributed by atoms with Crippen molar-refractivity contribution in [2.45, 2.75) is 38.9 Å². The van der Waals surface area contributed by atoms with Gasteiger partial charge >= 0.3 is 0 Å². The van der Waals surface area contributed by atoms with Crippen molar-refractivity contribution in [2.24, 2.45) is 0 Å². The molecule has 2 aromatic heterocycles. The summed E-state index contributed by atoms with van der Waals surface area (Å²) in [5.74, 6) is 0.955. The van der Waals surface area contributed by atoms with Gasteiger partial charge in [-0.25, -0.2) is 9.37 Å². The monoisotopic (exact) mass is 424 g/mol. The van der Waals surface area contributed by atoms with Crippen LogP contribution in [0.1, 0.15) is 29.9 Å². The molecule has 8 heteroatoms. The molecule has 4 rings (SSSR count). The fourth-order valence-electron chi connectivity index (χ4n) is 3.76. The predicted molar refractivity (Wildman–Crippen MR) is 113 cm³/mol. The van der Waals surface area contributed by atoms with E-state index in [0.29, 0.717) is 43.1 Å². The lowest BCUT2D eigenvalue weighted by Crippen LogP contribution is -2.38. The van der Waals surface area contributed by atoms with E-state index in [9.17, 15) is 9.18 Å². The van der Waals surface area contributed by atoms with E-state index in [1.165, 1.54) is 13.2 Å². The van der Waals surface area contributed by atoms with Crippen LogP contribution in [0.5, 0.6) is 5.75 Å². The number of aromatic nitrogens is 2. The number of methoxy groups -OCH3 is 1. The van der Waals surface area contributed by atoms with Crippen molar-refractivity contribution < 1.29 is 18.3 Å². The van der Waals surface area contributed by atoms with Crippen LogP contribution in [0.25, 0.3) is 11.5 Å². The van der Waals surface area contributed by atoms with Crippen molar-refractivity contribution in [3.05, 3.63) is 65.6 Å². The van der Waals surface area contributed by atoms with Crippen molar-refractivity contribution >= 4 is 5.91 Å². The first kappa shape index (κ1) is 21.0. The molecule has 0 bridgehead atoms. The van der Waals surface area contributed by atoms with Crippen LogP contribution in [0.3, 0.4) is 0 Å². The molecule has 1 amide bonds. The van der Waals surface area contributed by atoms with Crippen LogP contribution in [0.15, 0.2) is 47.1 Å². The molecule has 1 N–H and O–H groups in total. The van der Waals surface area contributed by atoms with Gasteiger partial charge in [0.15, 0.2) is 0 Å². The lowest BCUT2D eigenvalue weighted by molar-refractivity contribution is -0.119. The number of carbonyl (C=O) groups excluding carboxylic acids is 1. The molecular weight excluding hydrogens is 399 g/mol. The molecule has 3 heterocycles. The van der Waals surface area contributed by atoms with Crippen LogP contribution in [0.2, 0.25) is 0 Å². The van der Waals surface area contributed by atoms with E-state index in [-0.39, 0.29) is 17.8 Å². The van der Waals surface area contributed by atoms with E-state index in [2.05, 4.69) is 20.2 Å². The van der Waals surface area contributed by atoms with Crippen LogP contribution in [0.4, 0.5) is 4.39 Å². The van der Waals surface area contributed by atoms with Crippen molar-refractivity contribution in [3.8, 4) is 17.2 Å². The Morgan fingerprint density at radius 3 is 2.74 bits per heavy atom. The van der Waals surface area contributed by atoms with E-state index >= 15 is 0 Å². The maximum atomic E-state index is 14.5. The third kappa shape index (κ3) is 5.08. The highest BCUT2D eigenvalue weighted by molar-refractivity contribution is 5.78. The number of aryl methyl sites for hydroxylation is 1. The molecule has 1 aliphatic heterocycles. The van der Waals surface area contributed by atoms with Gasteiger partial charge in [-0.15, -0.1) is 0 Å². The normalized spacial score (nSPS) is 16.0. The Hall–Kier alpha value is -3.26. The minimum atomic E-state index is -0.450. The Labute approximate surface area is 180 Å². The number of oxazole rings is 1. The van der Waals surface area contributed by atoms with Gasteiger partial charge in [-0.1, -0.05) is 0 Å². The Morgan fingerprint density at radius 1 is 1.26 bits per heavy atom. The SMILES string of the molecule is COc1ccc(-c2nc(CN(Cc3ccncc3)C[C@@H]3CCC(=O)N3)c(C)o2)c(F)c1. The third-order valence-corrected chi connectivity index (χ3v) is 5.39. The molecule has 3 aromatic rings. The van der Waals surface area contributed by atoms with Crippen molar-refractivity contribution in [1.29, 1.82) is 0 Å². The highest BCUT2D eigenvalue weighted by atomic mass is 19.1. The van der Waals surface area contributed by atoms with E-state index in [0.717, 1.165) is 17.7 Å². The number of hydrogen-bond donors (Lipinski definition) is 1. The topological polar surface area (TPSA) is 80.5 Å². The zero-order valence-corrected chi connectivity index (χ0v) is 17.6. The second-order valence-electron chi connectivity index (χ2n) is 7.70. The first-order valence-electron chi connectivity index (χ1n) is 10.2. The van der Waals surface area contributed by atoms with Crippen molar-refractivity contribution in [3.63, 3.8) is 0 Å². The molecule has 0 unspecified atom stereocenters. The number of nitrogens with one attached hydrogen (secondary N) is 1. The van der Waals surface area contributed by atoms with Crippen molar-refractivity contribution in [2.75, 3.05) is 13.7 Å². The number of carbonyl (C=O) groups is 1. The lowest BCUT2D eigenvalue weighted by Gasteiger charge is -2.25. The number of rotatable bonds is 8. The first-order chi connectivity index (χ1) is 15.0. The van der Waals surface area contributed by atoms with Crippen LogP contribution >= 0.6 is 0 Å². The molecule has 1 saturated heterocycles. The Balaban J connectivity index is 1.55. The molecule has 0 aliphatic carbocycles. The molecule has 31 heavy (non-hydrogen) atoms. The van der Waals surface area contributed by atoms with Gasteiger partial charge in [-0.2, -0.15) is 0 Å². The van der Waals surface area contributed by atoms with Crippen LogP contribution in [-0.4, -0.2) is 40.5 Å². The smallest absolute Gasteiger partial charge is 0.229 e. The lowest BCUT2D eigenvalue weighted by atomic mass is 10.1. The molecule has 1 fully saturated rings. The zero-order valence-electron chi connectivity index (χ0n) is 17.6. The zero-order chi connectivity index (χ0) is 21.8. The highest BCUT2D eigenvalue weighted by Crippen LogP contribution is 2.28. The number of halogens is 1. The molecule has 162 valence electrons. The summed E-state index contributed by atoms with van der Waals surface area (Å²) < 4.78 is 25.3. The maximum Gasteiger partial charge on any atom is 0.229 e. The molecule has 1 aliphatic rings. The average molecular weight is 424 g/mol. The van der Waals surface area contributed by atoms with Crippen molar-refractivity contribution in [1.82, 2.24) is 20.2 Å². The van der Waals surface area contributed by atoms with Crippen LogP contribution < -0.4 is 10.1 Å². The summed E-state index contributed by atoms with van der Waals surface area (Å²) in [6.45, 7) is 3.71. The summed E-state index contributed by atoms with van der Waals surface area (Å²) in [6, 6.07) is 8.62. The first-order valence-corrected chi connectivity index (χ1v) is 10.2. The second kappa shape index (κ2) is 9.26. The standard InChI is InChI=1S/C23H25FN4O3/c1-15-21(27-23(31-15)19-5-4-18(30-2)11-20(19)24)14-28(12-16-7-9-25-10-8-16)13-17-3-6-22(29)26-17/h4-5,7-11,17H,3,6,12-14H2,1-2H3,(H,26,29)/t17-/m0/s1. The molecule has 0 spiro atoms. The summed E-state index contributed by atoms with van der Waals surface area (Å²) in [6.07, 6.45) is 4.89. The van der Waals surface area contributed by atoms with Gasteiger partial charge < -0.3 is 14.5 Å². The van der Waals surface area contributed by atoms with Crippen LogP contribution in [0, 0.1) is 12.7 Å². The number of amides is 1. The Kier molecular flexibility index (Phi) is 6.27. The number of ether oxygens (including phenoxy) is 1. The quantitative estimate of drug-likeness (QED) is 0.596. The summed E-state index contributed by atoms with van der Waals surface area (Å²) in [7, 11) is 1.49. The fraction of sp³-hybridized carbons (Fsp3) is 0.348. The van der Waals surface area contributed by atoms with Gasteiger partial charge in [0.05, 0.1) is 18.4 Å². The highest BCUT2D eigenvalue weighted by Gasteiger charge is 2.25. The number of benzene rings is 1. The summed E-state index contributed by atoms with van der Waals surface area (Å²) in [4.78, 5) is 22.5. The van der Waals surface area contributed by atoms with Gasteiger partial charge in [-0.05, 0) is 43.2 Å². The number of hydrogen-bond acceptors (Lipinski definition) is 6. The molecule has 1 aromatic carbocycles. The second-order valence-corrected chi connectivity index (χ2v) is 7.70. The molecule has 7 nitrogen and oxygen atoms in total. The Morgan fingerprint density at radius 2 is 2.06 bits per heavy atom. The van der Waals surface area contributed by atoms with E-state index in [4.69, 9.17) is 9.15 Å². The minimum Gasteiger partial charge on any atom is -0.497 e. The molecule has 0 saturated carbocycles. The molecule has 0 radical (unpaired) electrons. The van der Waals surface area contributed by atoms with Gasteiger partial charge in [-0.3, -0.25) is 14.7 Å². The van der Waals surface area contributed by atoms with Gasteiger partial charge in [0.2, 0.25) is 11.8 Å². The largest absolute Gasteiger partial charge is 0.497 e. The molecular formula is C23H25FN4O3. The van der Waals surface area contributed by atoms with E-state index in [1.54, 1.807) is 24.5 Å². The minimum absolute atomic E-state index is 0.0868. The van der Waals surface area contributed by atoms with Gasteiger partial charge in [0.25, 0.3) is 0 Å². The summed E-state index contributed by atoms with van der Waals surface area (Å²) in [5, 5.41) is 3.02. The maximum absolute atomic E-state index is 14.5. The van der Waals surface area contributed by atoms with Gasteiger partial charge in [0, 0.05) is 50.6 Å². The van der Waals surface area contributed by atoms with E-state index in [1.807, 2.05) is 19.1 Å². The Bertz CT molecular complexity index is 1050. The number of pyridine rings is 1. The fourth-order valence-corrected chi connectivity index (χ4v) is 3.76. The molecule has 1 atom stereocenters. The van der Waals surface area contributed by atoms with Gasteiger partial charge in [0.1, 0.15) is 17.3 Å².